The number of nitrogens with zero attached hydrogens (tertiary/aromatic N) is 2. The Labute approximate surface area is 229 Å². The lowest BCUT2D eigenvalue weighted by molar-refractivity contribution is -0.211. The molecule has 0 amide bonds. The van der Waals surface area contributed by atoms with E-state index in [1.807, 2.05) is 25.3 Å². The number of hydrogen-bond acceptors (Lipinski definition) is 6. The van der Waals surface area contributed by atoms with Crippen molar-refractivity contribution in [1.29, 1.82) is 0 Å². The monoisotopic (exact) mass is 533 g/mol. The van der Waals surface area contributed by atoms with Crippen LogP contribution in [0.25, 0.3) is 11.9 Å². The van der Waals surface area contributed by atoms with Gasteiger partial charge in [-0.1, -0.05) is 44.2 Å². The van der Waals surface area contributed by atoms with Gasteiger partial charge in [0.25, 0.3) is 0 Å². The van der Waals surface area contributed by atoms with Gasteiger partial charge in [-0.15, -0.1) is 0 Å². The SMILES string of the molecule is C=C/C=C\C=C(/N)n1ncc2c1C=C1CCC3[C@H](C(O)CC4(C)[C@H]3CCC4(OC(=O)C3CC3)C(=O)O)C1(C)C2. The number of aromatic nitrogens is 2. The molecule has 5 aliphatic rings. The van der Waals surface area contributed by atoms with Gasteiger partial charge in [0.05, 0.1) is 23.9 Å². The van der Waals surface area contributed by atoms with Gasteiger partial charge in [-0.25, -0.2) is 9.48 Å². The van der Waals surface area contributed by atoms with Crippen LogP contribution in [0, 0.1) is 34.5 Å². The highest BCUT2D eigenvalue weighted by Gasteiger charge is 2.71. The topological polar surface area (TPSA) is 128 Å². The summed E-state index contributed by atoms with van der Waals surface area (Å²) in [5.74, 6) is -0.919. The summed E-state index contributed by atoms with van der Waals surface area (Å²) in [6.45, 7) is 7.88. The Morgan fingerprint density at radius 1 is 1.23 bits per heavy atom. The van der Waals surface area contributed by atoms with E-state index in [0.717, 1.165) is 43.4 Å². The van der Waals surface area contributed by atoms with Crippen molar-refractivity contribution in [2.24, 2.45) is 40.2 Å². The van der Waals surface area contributed by atoms with E-state index in [1.54, 1.807) is 16.8 Å². The number of aliphatic hydroxyl groups is 1. The largest absolute Gasteiger partial charge is 0.478 e. The van der Waals surface area contributed by atoms with Gasteiger partial charge in [0, 0.05) is 5.41 Å². The number of fused-ring (bicyclic) bond motifs is 6. The maximum Gasteiger partial charge on any atom is 0.348 e. The molecule has 4 saturated carbocycles. The van der Waals surface area contributed by atoms with Crippen LogP contribution in [0.1, 0.15) is 70.1 Å². The minimum Gasteiger partial charge on any atom is -0.478 e. The number of carboxylic acids is 1. The third-order valence-corrected chi connectivity index (χ3v) is 10.8. The zero-order chi connectivity index (χ0) is 27.7. The van der Waals surface area contributed by atoms with Crippen LogP contribution in [0.4, 0.5) is 0 Å². The van der Waals surface area contributed by atoms with Crippen LogP contribution in [0.2, 0.25) is 0 Å². The molecule has 0 radical (unpaired) electrons. The summed E-state index contributed by atoms with van der Waals surface area (Å²) < 4.78 is 7.69. The number of aliphatic carboxylic acids is 1. The Morgan fingerprint density at radius 3 is 2.69 bits per heavy atom. The summed E-state index contributed by atoms with van der Waals surface area (Å²) in [6.07, 6.45) is 15.8. The van der Waals surface area contributed by atoms with Crippen LogP contribution in [-0.4, -0.2) is 43.6 Å². The Morgan fingerprint density at radius 2 is 2.00 bits per heavy atom. The van der Waals surface area contributed by atoms with Crippen molar-refractivity contribution < 1.29 is 24.5 Å². The first-order chi connectivity index (χ1) is 18.6. The van der Waals surface area contributed by atoms with Crippen molar-refractivity contribution in [2.45, 2.75) is 76.9 Å². The number of hydrogen-bond donors (Lipinski definition) is 3. The van der Waals surface area contributed by atoms with Gasteiger partial charge in [0.2, 0.25) is 5.60 Å². The highest BCUT2D eigenvalue weighted by Crippen LogP contribution is 2.68. The van der Waals surface area contributed by atoms with Gasteiger partial charge >= 0.3 is 11.9 Å². The molecule has 6 rings (SSSR count). The summed E-state index contributed by atoms with van der Waals surface area (Å²) in [5, 5.41) is 26.9. The number of aliphatic hydroxyl groups excluding tert-OH is 1. The molecule has 1 heterocycles. The van der Waals surface area contributed by atoms with Gasteiger partial charge in [-0.3, -0.25) is 4.79 Å². The number of allylic oxidation sites excluding steroid dienone is 5. The molecule has 0 saturated heterocycles. The first-order valence-electron chi connectivity index (χ1n) is 14.2. The van der Waals surface area contributed by atoms with E-state index in [2.05, 4.69) is 24.7 Å². The second kappa shape index (κ2) is 8.95. The standard InChI is InChI=1S/C31H39N3O5/c1-4-5-6-7-25(32)34-23-14-20-10-11-21-22-12-13-31(28(37)38,39-27(36)18-8-9-18)30(22,3)16-24(35)26(21)29(20,2)15-19(23)17-33-34/h4-7,14,17-18,21-22,24,26,35H,1,8-13,15-16,32H2,2-3H3,(H,37,38)/b6-5-,25-7+/t21?,22-,24?,26+,29?,30?,31?/m0/s1. The highest BCUT2D eigenvalue weighted by atomic mass is 16.6. The van der Waals surface area contributed by atoms with Crippen LogP contribution in [-0.2, 0) is 20.7 Å². The second-order valence-electron chi connectivity index (χ2n) is 12.8. The fraction of sp³-hybridized carbons (Fsp3) is 0.581. The number of carbonyl (C=O) groups is 2. The quantitative estimate of drug-likeness (QED) is 0.367. The van der Waals surface area contributed by atoms with E-state index in [0.29, 0.717) is 25.1 Å². The zero-order valence-electron chi connectivity index (χ0n) is 22.8. The van der Waals surface area contributed by atoms with Gasteiger partial charge in [-0.2, -0.15) is 5.10 Å². The Hall–Kier alpha value is -3.13. The molecule has 8 nitrogen and oxygen atoms in total. The van der Waals surface area contributed by atoms with Crippen LogP contribution in [0.15, 0.2) is 42.7 Å². The molecule has 8 heteroatoms. The van der Waals surface area contributed by atoms with E-state index >= 15 is 0 Å². The van der Waals surface area contributed by atoms with E-state index in [1.165, 1.54) is 5.57 Å². The average molecular weight is 534 g/mol. The van der Waals surface area contributed by atoms with E-state index in [9.17, 15) is 19.8 Å². The number of esters is 1. The molecule has 39 heavy (non-hydrogen) atoms. The summed E-state index contributed by atoms with van der Waals surface area (Å²) in [4.78, 5) is 25.5. The highest BCUT2D eigenvalue weighted by molar-refractivity contribution is 5.85. The molecule has 0 spiro atoms. The predicted octanol–water partition coefficient (Wildman–Crippen LogP) is 4.31. The first-order valence-corrected chi connectivity index (χ1v) is 14.2. The molecule has 0 bridgehead atoms. The number of carbonyl (C=O) groups excluding carboxylic acids is 1. The second-order valence-corrected chi connectivity index (χ2v) is 12.8. The van der Waals surface area contributed by atoms with Crippen molar-refractivity contribution in [3.63, 3.8) is 0 Å². The number of ether oxygens (including phenoxy) is 1. The maximum atomic E-state index is 12.8. The van der Waals surface area contributed by atoms with Gasteiger partial charge in [0.15, 0.2) is 0 Å². The molecule has 208 valence electrons. The van der Waals surface area contributed by atoms with Gasteiger partial charge in [0.1, 0.15) is 5.82 Å². The molecule has 0 aliphatic heterocycles. The molecule has 5 aliphatic carbocycles. The molecule has 7 atom stereocenters. The fourth-order valence-electron chi connectivity index (χ4n) is 8.82. The van der Waals surface area contributed by atoms with Gasteiger partial charge in [-0.05, 0) is 92.3 Å². The molecule has 1 aromatic heterocycles. The number of carboxylic acid groups (broad SMARTS) is 1. The van der Waals surface area contributed by atoms with Crippen molar-refractivity contribution in [3.8, 4) is 0 Å². The lowest BCUT2D eigenvalue weighted by atomic mass is 9.45. The molecule has 5 unspecified atom stereocenters. The van der Waals surface area contributed by atoms with E-state index in [4.69, 9.17) is 10.5 Å². The minimum atomic E-state index is -1.58. The van der Waals surface area contributed by atoms with Crippen molar-refractivity contribution >= 4 is 23.8 Å². The van der Waals surface area contributed by atoms with Crippen LogP contribution in [0.5, 0.6) is 0 Å². The molecule has 0 aromatic carbocycles. The maximum absolute atomic E-state index is 12.8. The van der Waals surface area contributed by atoms with E-state index in [-0.39, 0.29) is 35.1 Å². The number of rotatable bonds is 6. The van der Waals surface area contributed by atoms with Crippen LogP contribution >= 0.6 is 0 Å². The summed E-state index contributed by atoms with van der Waals surface area (Å²) in [7, 11) is 0. The third-order valence-electron chi connectivity index (χ3n) is 10.8. The lowest BCUT2D eigenvalue weighted by Gasteiger charge is -2.60. The molecular weight excluding hydrogens is 494 g/mol. The average Bonchev–Trinajstić information content (AvgIpc) is 3.59. The van der Waals surface area contributed by atoms with Crippen molar-refractivity contribution in [1.82, 2.24) is 9.78 Å². The summed E-state index contributed by atoms with van der Waals surface area (Å²) in [6, 6.07) is 0. The molecule has 1 aromatic rings. The minimum absolute atomic E-state index is 0.0146. The molecule has 4 N–H and O–H groups in total. The van der Waals surface area contributed by atoms with Crippen molar-refractivity contribution in [2.75, 3.05) is 0 Å². The smallest absolute Gasteiger partial charge is 0.348 e. The first kappa shape index (κ1) is 26.1. The molecular formula is C31H39N3O5. The Bertz CT molecular complexity index is 1320. The number of nitrogens with two attached hydrogens (primary N) is 1. The zero-order valence-corrected chi connectivity index (χ0v) is 22.8. The van der Waals surface area contributed by atoms with Crippen molar-refractivity contribution in [3.05, 3.63) is 53.9 Å². The summed E-state index contributed by atoms with van der Waals surface area (Å²) in [5.41, 5.74) is 7.03. The van der Waals surface area contributed by atoms with Gasteiger partial charge < -0.3 is 20.7 Å². The van der Waals surface area contributed by atoms with E-state index < -0.39 is 23.1 Å². The molecule has 4 fully saturated rings. The fourth-order valence-corrected chi connectivity index (χ4v) is 8.82. The summed E-state index contributed by atoms with van der Waals surface area (Å²) >= 11 is 0. The Balaban J connectivity index is 1.33. The van der Waals surface area contributed by atoms with Crippen LogP contribution in [0.3, 0.4) is 0 Å². The normalized spacial score (nSPS) is 39.3. The van der Waals surface area contributed by atoms with Crippen LogP contribution < -0.4 is 5.73 Å². The third kappa shape index (κ3) is 3.70. The lowest BCUT2D eigenvalue weighted by Crippen LogP contribution is -2.63. The Kier molecular flexibility index (Phi) is 5.99. The predicted molar refractivity (Wildman–Crippen MR) is 147 cm³/mol.